The average Bonchev–Trinajstić information content (AvgIpc) is 3.01. The summed E-state index contributed by atoms with van der Waals surface area (Å²) in [6.07, 6.45) is 4.32. The molecule has 0 radical (unpaired) electrons. The molecule has 0 amide bonds. The van der Waals surface area contributed by atoms with Gasteiger partial charge in [-0.05, 0) is 5.92 Å². The van der Waals surface area contributed by atoms with Crippen molar-refractivity contribution in [3.63, 3.8) is 0 Å². The molecule has 2 bridgehead atoms. The van der Waals surface area contributed by atoms with Crippen molar-refractivity contribution in [2.75, 3.05) is 27.4 Å². The van der Waals surface area contributed by atoms with Gasteiger partial charge in [0.15, 0.2) is 12.1 Å². The minimum absolute atomic E-state index is 0.102. The van der Waals surface area contributed by atoms with Crippen LogP contribution in [0.1, 0.15) is 6.92 Å². The summed E-state index contributed by atoms with van der Waals surface area (Å²) < 4.78 is 22.7. The summed E-state index contributed by atoms with van der Waals surface area (Å²) in [5, 5.41) is 0. The molecule has 2 aliphatic carbocycles. The molecule has 4 nitrogen and oxygen atoms in total. The molecule has 2 fully saturated rings. The molecule has 0 aromatic carbocycles. The van der Waals surface area contributed by atoms with Crippen LogP contribution in [0.4, 0.5) is 0 Å². The molecule has 0 N–H and O–H groups in total. The number of hydrogen-bond acceptors (Lipinski definition) is 4. The maximum Gasteiger partial charge on any atom is 0.180 e. The Kier molecular flexibility index (Phi) is 2.78. The minimum Gasteiger partial charge on any atom is -0.352 e. The zero-order valence-electron chi connectivity index (χ0n) is 10.6. The second kappa shape index (κ2) is 4.05. The molecule has 0 aromatic heterocycles. The lowest BCUT2D eigenvalue weighted by Gasteiger charge is -2.33. The van der Waals surface area contributed by atoms with Gasteiger partial charge in [0.25, 0.3) is 0 Å². The maximum absolute atomic E-state index is 5.70. The topological polar surface area (TPSA) is 36.9 Å². The molecule has 2 unspecified atom stereocenters. The maximum atomic E-state index is 5.70. The Morgan fingerprint density at radius 1 is 1.06 bits per heavy atom. The predicted octanol–water partition coefficient (Wildman–Crippen LogP) is 1.42. The first-order valence-corrected chi connectivity index (χ1v) is 6.26. The molecule has 4 heteroatoms. The summed E-state index contributed by atoms with van der Waals surface area (Å²) in [6, 6.07) is 0. The second-order valence-electron chi connectivity index (χ2n) is 5.11. The second-order valence-corrected chi connectivity index (χ2v) is 5.11. The molecule has 1 saturated heterocycles. The third-order valence-electron chi connectivity index (χ3n) is 4.64. The van der Waals surface area contributed by atoms with E-state index >= 15 is 0 Å². The highest BCUT2D eigenvalue weighted by molar-refractivity contribution is 5.22. The van der Waals surface area contributed by atoms with Gasteiger partial charge in [0.1, 0.15) is 0 Å². The molecular weight excluding hydrogens is 220 g/mol. The van der Waals surface area contributed by atoms with Crippen molar-refractivity contribution in [3.05, 3.63) is 12.2 Å². The van der Waals surface area contributed by atoms with E-state index in [1.807, 2.05) is 0 Å². The normalized spacial score (nSPS) is 43.7. The van der Waals surface area contributed by atoms with Gasteiger partial charge in [-0.25, -0.2) is 0 Å². The van der Waals surface area contributed by atoms with Crippen molar-refractivity contribution < 1.29 is 18.9 Å². The van der Waals surface area contributed by atoms with Crippen molar-refractivity contribution in [1.82, 2.24) is 0 Å². The Hall–Kier alpha value is -0.420. The van der Waals surface area contributed by atoms with E-state index in [4.69, 9.17) is 18.9 Å². The van der Waals surface area contributed by atoms with Crippen molar-refractivity contribution in [1.29, 1.82) is 0 Å². The molecule has 96 valence electrons. The number of ether oxygens (including phenoxy) is 4. The first-order chi connectivity index (χ1) is 8.24. The van der Waals surface area contributed by atoms with Gasteiger partial charge in [-0.2, -0.15) is 0 Å². The SMILES string of the molecule is COC1(OC)[C@@H]2C=C[C@H]1C(C1OCCO1)C2C. The smallest absolute Gasteiger partial charge is 0.180 e. The number of hydrogen-bond donors (Lipinski definition) is 0. The summed E-state index contributed by atoms with van der Waals surface area (Å²) >= 11 is 0. The summed E-state index contributed by atoms with van der Waals surface area (Å²) in [7, 11) is 3.45. The van der Waals surface area contributed by atoms with Crippen molar-refractivity contribution in [2.45, 2.75) is 19.0 Å². The molecule has 1 aliphatic heterocycles. The Morgan fingerprint density at radius 3 is 2.18 bits per heavy atom. The van der Waals surface area contributed by atoms with Crippen LogP contribution < -0.4 is 0 Å². The fourth-order valence-electron chi connectivity index (χ4n) is 3.88. The van der Waals surface area contributed by atoms with Crippen molar-refractivity contribution >= 4 is 0 Å². The van der Waals surface area contributed by atoms with E-state index in [0.29, 0.717) is 31.0 Å². The molecule has 4 atom stereocenters. The van der Waals surface area contributed by atoms with Crippen LogP contribution in [0.15, 0.2) is 12.2 Å². The lowest BCUT2D eigenvalue weighted by Crippen LogP contribution is -2.41. The predicted molar refractivity (Wildman–Crippen MR) is 61.2 cm³/mol. The van der Waals surface area contributed by atoms with Crippen LogP contribution in [0.25, 0.3) is 0 Å². The molecule has 1 heterocycles. The number of methoxy groups -OCH3 is 2. The van der Waals surface area contributed by atoms with Gasteiger partial charge in [0, 0.05) is 32.0 Å². The monoisotopic (exact) mass is 240 g/mol. The molecule has 17 heavy (non-hydrogen) atoms. The largest absolute Gasteiger partial charge is 0.352 e. The minimum atomic E-state index is -0.514. The first-order valence-electron chi connectivity index (χ1n) is 6.26. The van der Waals surface area contributed by atoms with Gasteiger partial charge in [-0.1, -0.05) is 19.1 Å². The van der Waals surface area contributed by atoms with Crippen LogP contribution in [-0.2, 0) is 18.9 Å². The lowest BCUT2D eigenvalue weighted by molar-refractivity contribution is -0.238. The van der Waals surface area contributed by atoms with Crippen molar-refractivity contribution in [2.24, 2.45) is 23.7 Å². The van der Waals surface area contributed by atoms with E-state index in [0.717, 1.165) is 0 Å². The number of rotatable bonds is 3. The van der Waals surface area contributed by atoms with E-state index < -0.39 is 5.79 Å². The Bertz CT molecular complexity index is 317. The summed E-state index contributed by atoms with van der Waals surface area (Å²) in [6.45, 7) is 3.63. The quantitative estimate of drug-likeness (QED) is 0.552. The van der Waals surface area contributed by atoms with Gasteiger partial charge >= 0.3 is 0 Å². The fourth-order valence-corrected chi connectivity index (χ4v) is 3.88. The Morgan fingerprint density at radius 2 is 1.65 bits per heavy atom. The summed E-state index contributed by atoms with van der Waals surface area (Å²) in [5.41, 5.74) is 0. The molecule has 3 rings (SSSR count). The van der Waals surface area contributed by atoms with Crippen LogP contribution in [0.2, 0.25) is 0 Å². The molecule has 3 aliphatic rings. The highest BCUT2D eigenvalue weighted by Gasteiger charge is 2.63. The molecule has 1 saturated carbocycles. The van der Waals surface area contributed by atoms with Crippen LogP contribution in [0.5, 0.6) is 0 Å². The van der Waals surface area contributed by atoms with Gasteiger partial charge in [-0.15, -0.1) is 0 Å². The highest BCUT2D eigenvalue weighted by Crippen LogP contribution is 2.58. The number of fused-ring (bicyclic) bond motifs is 2. The molecule has 0 aromatic rings. The van der Waals surface area contributed by atoms with Crippen LogP contribution >= 0.6 is 0 Å². The van der Waals surface area contributed by atoms with Crippen LogP contribution in [0, 0.1) is 23.7 Å². The van der Waals surface area contributed by atoms with E-state index in [1.165, 1.54) is 0 Å². The van der Waals surface area contributed by atoms with E-state index in [-0.39, 0.29) is 12.2 Å². The average molecular weight is 240 g/mol. The molecule has 0 spiro atoms. The summed E-state index contributed by atoms with van der Waals surface area (Å²) in [5.74, 6) is 0.778. The molecular formula is C13H20O4. The highest BCUT2D eigenvalue weighted by atomic mass is 16.7. The van der Waals surface area contributed by atoms with Crippen LogP contribution in [0.3, 0.4) is 0 Å². The zero-order valence-corrected chi connectivity index (χ0v) is 10.6. The van der Waals surface area contributed by atoms with Crippen LogP contribution in [-0.4, -0.2) is 39.5 Å². The third kappa shape index (κ3) is 1.38. The first kappa shape index (κ1) is 11.7. The summed E-state index contributed by atoms with van der Waals surface area (Å²) in [4.78, 5) is 0. The van der Waals surface area contributed by atoms with E-state index in [1.54, 1.807) is 14.2 Å². The van der Waals surface area contributed by atoms with Gasteiger partial charge < -0.3 is 18.9 Å². The van der Waals surface area contributed by atoms with E-state index in [2.05, 4.69) is 19.1 Å². The van der Waals surface area contributed by atoms with Gasteiger partial charge in [0.05, 0.1) is 13.2 Å². The van der Waals surface area contributed by atoms with E-state index in [9.17, 15) is 0 Å². The van der Waals surface area contributed by atoms with Gasteiger partial charge in [0.2, 0.25) is 0 Å². The van der Waals surface area contributed by atoms with Gasteiger partial charge in [-0.3, -0.25) is 0 Å². The Labute approximate surface area is 102 Å². The standard InChI is InChI=1S/C13H20O4/c1-8-9-4-5-10(13(9,14-2)15-3)11(8)12-16-6-7-17-12/h4-5,8-12H,6-7H2,1-3H3/t8?,9-,10+,11?/m1/s1. The zero-order chi connectivity index (χ0) is 12.0. The Balaban J connectivity index is 1.90. The lowest BCUT2D eigenvalue weighted by atomic mass is 9.84. The third-order valence-corrected chi connectivity index (χ3v) is 4.64. The van der Waals surface area contributed by atoms with Crippen molar-refractivity contribution in [3.8, 4) is 0 Å². The fraction of sp³-hybridized carbons (Fsp3) is 0.846.